The number of nitrogens with zero attached hydrogens (tertiary/aromatic N) is 2. The van der Waals surface area contributed by atoms with Crippen LogP contribution in [0.15, 0.2) is 48.5 Å². The van der Waals surface area contributed by atoms with Crippen LogP contribution in [-0.4, -0.2) is 74.2 Å². The fourth-order valence-electron chi connectivity index (χ4n) is 4.75. The third-order valence-corrected chi connectivity index (χ3v) is 7.32. The number of amides is 2. The smallest absolute Gasteiger partial charge is 0.257 e. The van der Waals surface area contributed by atoms with Crippen molar-refractivity contribution in [3.8, 4) is 5.75 Å². The van der Waals surface area contributed by atoms with Gasteiger partial charge in [0.1, 0.15) is 12.4 Å². The van der Waals surface area contributed by atoms with Crippen molar-refractivity contribution in [1.82, 2.24) is 9.80 Å². The zero-order valence-corrected chi connectivity index (χ0v) is 21.9. The van der Waals surface area contributed by atoms with Crippen molar-refractivity contribution >= 4 is 17.5 Å². The summed E-state index contributed by atoms with van der Waals surface area (Å²) in [5, 5.41) is 2.95. The Kier molecular flexibility index (Phi) is 8.64. The van der Waals surface area contributed by atoms with Crippen LogP contribution in [0.3, 0.4) is 0 Å². The van der Waals surface area contributed by atoms with Crippen LogP contribution in [-0.2, 0) is 16.0 Å². The van der Waals surface area contributed by atoms with E-state index in [2.05, 4.69) is 48.3 Å². The Labute approximate surface area is 214 Å². The van der Waals surface area contributed by atoms with Gasteiger partial charge in [0.05, 0.1) is 11.7 Å². The molecule has 2 aromatic rings. The van der Waals surface area contributed by atoms with Gasteiger partial charge in [-0.1, -0.05) is 37.3 Å². The van der Waals surface area contributed by atoms with Crippen molar-refractivity contribution in [3.63, 3.8) is 0 Å². The molecule has 0 saturated heterocycles. The number of methoxy groups -OCH3 is 1. The molecule has 0 spiro atoms. The lowest BCUT2D eigenvalue weighted by molar-refractivity contribution is -0.117. The van der Waals surface area contributed by atoms with Crippen molar-refractivity contribution in [3.05, 3.63) is 59.7 Å². The molecule has 1 aliphatic carbocycles. The van der Waals surface area contributed by atoms with Gasteiger partial charge < -0.3 is 19.7 Å². The first-order chi connectivity index (χ1) is 17.4. The SMILES string of the molecule is CO[C@H]1CN(C)C(=O)c2cc(NC(=O)C3CC3)ccc2OC[C@@H](C)N(CCc2ccccc2)C[C@H]1C. The second kappa shape index (κ2) is 11.9. The van der Waals surface area contributed by atoms with E-state index in [1.54, 1.807) is 31.2 Å². The molecule has 1 aliphatic heterocycles. The summed E-state index contributed by atoms with van der Waals surface area (Å²) in [5.74, 6) is 0.712. The summed E-state index contributed by atoms with van der Waals surface area (Å²) in [6.45, 7) is 7.02. The summed E-state index contributed by atoms with van der Waals surface area (Å²) < 4.78 is 12.1. The fraction of sp³-hybridized carbons (Fsp3) is 0.517. The van der Waals surface area contributed by atoms with Crippen LogP contribution in [0.5, 0.6) is 5.75 Å². The highest BCUT2D eigenvalue weighted by molar-refractivity contribution is 6.00. The Morgan fingerprint density at radius 3 is 2.56 bits per heavy atom. The van der Waals surface area contributed by atoms with Crippen LogP contribution in [0.2, 0.25) is 0 Å². The number of hydrogen-bond donors (Lipinski definition) is 1. The van der Waals surface area contributed by atoms with Gasteiger partial charge in [-0.15, -0.1) is 0 Å². The van der Waals surface area contributed by atoms with Gasteiger partial charge in [0, 0.05) is 51.4 Å². The van der Waals surface area contributed by atoms with Gasteiger partial charge in [-0.3, -0.25) is 14.5 Å². The highest BCUT2D eigenvalue weighted by Crippen LogP contribution is 2.31. The zero-order chi connectivity index (χ0) is 25.7. The molecule has 2 aliphatic rings. The lowest BCUT2D eigenvalue weighted by Crippen LogP contribution is -2.47. The fourth-order valence-corrected chi connectivity index (χ4v) is 4.75. The van der Waals surface area contributed by atoms with Crippen molar-refractivity contribution < 1.29 is 19.1 Å². The topological polar surface area (TPSA) is 71.1 Å². The van der Waals surface area contributed by atoms with Gasteiger partial charge in [-0.2, -0.15) is 0 Å². The van der Waals surface area contributed by atoms with Gasteiger partial charge >= 0.3 is 0 Å². The number of ether oxygens (including phenoxy) is 2. The van der Waals surface area contributed by atoms with E-state index in [0.717, 1.165) is 32.4 Å². The Balaban J connectivity index is 1.57. The summed E-state index contributed by atoms with van der Waals surface area (Å²) in [6, 6.07) is 16.0. The van der Waals surface area contributed by atoms with E-state index < -0.39 is 0 Å². The van der Waals surface area contributed by atoms with Crippen LogP contribution in [0, 0.1) is 11.8 Å². The second-order valence-electron chi connectivity index (χ2n) is 10.3. The first-order valence-electron chi connectivity index (χ1n) is 13.0. The molecule has 194 valence electrons. The molecule has 2 amide bonds. The monoisotopic (exact) mass is 493 g/mol. The summed E-state index contributed by atoms with van der Waals surface area (Å²) in [7, 11) is 3.51. The molecule has 3 atom stereocenters. The van der Waals surface area contributed by atoms with Crippen molar-refractivity contribution in [1.29, 1.82) is 0 Å². The Morgan fingerprint density at radius 1 is 1.11 bits per heavy atom. The quantitative estimate of drug-likeness (QED) is 0.657. The maximum Gasteiger partial charge on any atom is 0.257 e. The van der Waals surface area contributed by atoms with Crippen molar-refractivity contribution in [2.75, 3.05) is 45.7 Å². The Morgan fingerprint density at radius 2 is 1.86 bits per heavy atom. The molecule has 0 bridgehead atoms. The predicted octanol–water partition coefficient (Wildman–Crippen LogP) is 4.08. The maximum atomic E-state index is 13.5. The Hall–Kier alpha value is -2.90. The van der Waals surface area contributed by atoms with Crippen molar-refractivity contribution in [2.45, 2.75) is 45.3 Å². The average molecular weight is 494 g/mol. The average Bonchev–Trinajstić information content (AvgIpc) is 3.74. The number of rotatable bonds is 6. The van der Waals surface area contributed by atoms with Gasteiger partial charge in [-0.05, 0) is 55.9 Å². The normalized spacial score (nSPS) is 23.7. The largest absolute Gasteiger partial charge is 0.491 e. The summed E-state index contributed by atoms with van der Waals surface area (Å²) in [4.78, 5) is 29.9. The molecule has 0 unspecified atom stereocenters. The molecule has 1 N–H and O–H groups in total. The highest BCUT2D eigenvalue weighted by atomic mass is 16.5. The van der Waals surface area contributed by atoms with Gasteiger partial charge in [0.25, 0.3) is 5.91 Å². The number of anilines is 1. The molecular weight excluding hydrogens is 454 g/mol. The molecule has 1 heterocycles. The Bertz CT molecular complexity index is 1040. The minimum Gasteiger partial charge on any atom is -0.491 e. The lowest BCUT2D eigenvalue weighted by Gasteiger charge is -2.36. The van der Waals surface area contributed by atoms with Crippen LogP contribution in [0.1, 0.15) is 42.6 Å². The number of nitrogens with one attached hydrogen (secondary N) is 1. The first kappa shape index (κ1) is 26.2. The molecule has 36 heavy (non-hydrogen) atoms. The lowest BCUT2D eigenvalue weighted by atomic mass is 10.0. The number of carbonyl (C=O) groups excluding carboxylic acids is 2. The third-order valence-electron chi connectivity index (χ3n) is 7.32. The number of hydrogen-bond acceptors (Lipinski definition) is 5. The van der Waals surface area contributed by atoms with E-state index in [0.29, 0.717) is 30.2 Å². The number of carbonyl (C=O) groups is 2. The molecule has 0 aromatic heterocycles. The second-order valence-corrected chi connectivity index (χ2v) is 10.3. The summed E-state index contributed by atoms with van der Waals surface area (Å²) in [5.41, 5.74) is 2.39. The van der Waals surface area contributed by atoms with Crippen molar-refractivity contribution in [2.24, 2.45) is 11.8 Å². The van der Waals surface area contributed by atoms with Gasteiger partial charge in [0.2, 0.25) is 5.91 Å². The summed E-state index contributed by atoms with van der Waals surface area (Å²) >= 11 is 0. The van der Waals surface area contributed by atoms with E-state index in [1.165, 1.54) is 5.56 Å². The zero-order valence-electron chi connectivity index (χ0n) is 21.9. The van der Waals surface area contributed by atoms with Crippen LogP contribution in [0.4, 0.5) is 5.69 Å². The number of benzene rings is 2. The van der Waals surface area contributed by atoms with Crippen LogP contribution >= 0.6 is 0 Å². The number of likely N-dealkylation sites (N-methyl/N-ethyl adjacent to an activating group) is 1. The summed E-state index contributed by atoms with van der Waals surface area (Å²) in [6.07, 6.45) is 2.70. The van der Waals surface area contributed by atoms with E-state index >= 15 is 0 Å². The van der Waals surface area contributed by atoms with Gasteiger partial charge in [0.15, 0.2) is 0 Å². The molecule has 4 rings (SSSR count). The molecule has 7 heteroatoms. The third kappa shape index (κ3) is 6.65. The maximum absolute atomic E-state index is 13.5. The van der Waals surface area contributed by atoms with E-state index in [4.69, 9.17) is 9.47 Å². The molecule has 1 saturated carbocycles. The molecule has 7 nitrogen and oxygen atoms in total. The van der Waals surface area contributed by atoms with Crippen LogP contribution in [0.25, 0.3) is 0 Å². The minimum atomic E-state index is -0.143. The molecule has 1 fully saturated rings. The van der Waals surface area contributed by atoms with E-state index in [-0.39, 0.29) is 35.8 Å². The molecule has 2 aromatic carbocycles. The first-order valence-corrected chi connectivity index (χ1v) is 13.0. The molecular formula is C29H39N3O4. The minimum absolute atomic E-state index is 0.0146. The van der Waals surface area contributed by atoms with Gasteiger partial charge in [-0.25, -0.2) is 0 Å². The standard InChI is InChI=1S/C29H39N3O4/c1-20-17-32(15-14-22-8-6-5-7-9-22)21(2)19-36-26-13-12-24(30-28(33)23-10-11-23)16-25(26)29(34)31(3)18-27(20)35-4/h5-9,12-13,16,20-21,23,27H,10-11,14-15,17-19H2,1-4H3,(H,30,33)/t20-,21-,27+/m1/s1. The van der Waals surface area contributed by atoms with E-state index in [1.807, 2.05) is 12.1 Å². The van der Waals surface area contributed by atoms with Crippen LogP contribution < -0.4 is 10.1 Å². The number of fused-ring (bicyclic) bond motifs is 1. The molecule has 0 radical (unpaired) electrons. The van der Waals surface area contributed by atoms with E-state index in [9.17, 15) is 9.59 Å². The predicted molar refractivity (Wildman–Crippen MR) is 141 cm³/mol. The highest BCUT2D eigenvalue weighted by Gasteiger charge is 2.31.